The standard InChI is InChI=1S/C15H19NO/c1-3-12-4-6-14(7-5-12)15(16-2)10-13-8-9-17-11-13/h4-9,11,15-16H,3,10H2,1-2H3. The highest BCUT2D eigenvalue weighted by Gasteiger charge is 2.10. The van der Waals surface area contributed by atoms with Crippen LogP contribution in [0.25, 0.3) is 0 Å². The van der Waals surface area contributed by atoms with Crippen LogP contribution in [0.2, 0.25) is 0 Å². The molecular formula is C15H19NO. The molecule has 2 aromatic rings. The molecule has 17 heavy (non-hydrogen) atoms. The Labute approximate surface area is 103 Å². The average Bonchev–Trinajstić information content (AvgIpc) is 2.89. The van der Waals surface area contributed by atoms with Crippen molar-refractivity contribution in [3.63, 3.8) is 0 Å². The maximum absolute atomic E-state index is 5.10. The first-order chi connectivity index (χ1) is 8.33. The minimum absolute atomic E-state index is 0.346. The predicted molar refractivity (Wildman–Crippen MR) is 70.0 cm³/mol. The van der Waals surface area contributed by atoms with Crippen LogP contribution in [-0.2, 0) is 12.8 Å². The second-order valence-corrected chi connectivity index (χ2v) is 4.27. The van der Waals surface area contributed by atoms with Gasteiger partial charge in [0, 0.05) is 6.04 Å². The molecule has 2 rings (SSSR count). The molecular weight excluding hydrogens is 210 g/mol. The van der Waals surface area contributed by atoms with E-state index < -0.39 is 0 Å². The van der Waals surface area contributed by atoms with Gasteiger partial charge in [-0.25, -0.2) is 0 Å². The van der Waals surface area contributed by atoms with Gasteiger partial charge in [0.1, 0.15) is 0 Å². The van der Waals surface area contributed by atoms with Crippen LogP contribution in [0.3, 0.4) is 0 Å². The van der Waals surface area contributed by atoms with Crippen molar-refractivity contribution in [1.29, 1.82) is 0 Å². The molecule has 1 aromatic heterocycles. The van der Waals surface area contributed by atoms with Gasteiger partial charge in [0.05, 0.1) is 12.5 Å². The summed E-state index contributed by atoms with van der Waals surface area (Å²) in [6.07, 6.45) is 5.58. The van der Waals surface area contributed by atoms with E-state index in [0.29, 0.717) is 6.04 Å². The molecule has 90 valence electrons. The normalized spacial score (nSPS) is 12.6. The zero-order valence-electron chi connectivity index (χ0n) is 10.4. The monoisotopic (exact) mass is 229 g/mol. The van der Waals surface area contributed by atoms with Crippen molar-refractivity contribution in [2.75, 3.05) is 7.05 Å². The van der Waals surface area contributed by atoms with E-state index in [4.69, 9.17) is 4.42 Å². The number of nitrogens with one attached hydrogen (secondary N) is 1. The number of hydrogen-bond acceptors (Lipinski definition) is 2. The lowest BCUT2D eigenvalue weighted by atomic mass is 9.99. The lowest BCUT2D eigenvalue weighted by Gasteiger charge is -2.16. The highest BCUT2D eigenvalue weighted by molar-refractivity contribution is 5.26. The second-order valence-electron chi connectivity index (χ2n) is 4.27. The van der Waals surface area contributed by atoms with Crippen molar-refractivity contribution in [1.82, 2.24) is 5.32 Å². The Bertz CT molecular complexity index is 430. The Morgan fingerprint density at radius 1 is 1.12 bits per heavy atom. The molecule has 0 saturated heterocycles. The van der Waals surface area contributed by atoms with Crippen LogP contribution in [0.15, 0.2) is 47.3 Å². The lowest BCUT2D eigenvalue weighted by Crippen LogP contribution is -2.18. The molecule has 1 atom stereocenters. The quantitative estimate of drug-likeness (QED) is 0.850. The number of likely N-dealkylation sites (N-methyl/N-ethyl adjacent to an activating group) is 1. The summed E-state index contributed by atoms with van der Waals surface area (Å²) in [5.74, 6) is 0. The van der Waals surface area contributed by atoms with Crippen LogP contribution in [0.4, 0.5) is 0 Å². The van der Waals surface area contributed by atoms with Crippen molar-refractivity contribution in [3.8, 4) is 0 Å². The van der Waals surface area contributed by atoms with E-state index in [2.05, 4.69) is 36.5 Å². The predicted octanol–water partition coefficient (Wildman–Crippen LogP) is 3.35. The molecule has 0 fully saturated rings. The van der Waals surface area contributed by atoms with E-state index >= 15 is 0 Å². The summed E-state index contributed by atoms with van der Waals surface area (Å²) in [7, 11) is 2.00. The van der Waals surface area contributed by atoms with E-state index in [0.717, 1.165) is 12.8 Å². The van der Waals surface area contributed by atoms with Gasteiger partial charge in [-0.2, -0.15) is 0 Å². The van der Waals surface area contributed by atoms with E-state index in [-0.39, 0.29) is 0 Å². The minimum Gasteiger partial charge on any atom is -0.472 e. The topological polar surface area (TPSA) is 25.2 Å². The number of rotatable bonds is 5. The van der Waals surface area contributed by atoms with Gasteiger partial charge in [0.25, 0.3) is 0 Å². The molecule has 2 nitrogen and oxygen atoms in total. The Kier molecular flexibility index (Phi) is 3.99. The molecule has 0 radical (unpaired) electrons. The van der Waals surface area contributed by atoms with Crippen molar-refractivity contribution in [2.24, 2.45) is 0 Å². The summed E-state index contributed by atoms with van der Waals surface area (Å²) in [5.41, 5.74) is 3.93. The van der Waals surface area contributed by atoms with Crippen LogP contribution in [0, 0.1) is 0 Å². The van der Waals surface area contributed by atoms with Gasteiger partial charge in [-0.1, -0.05) is 31.2 Å². The molecule has 0 amide bonds. The van der Waals surface area contributed by atoms with Crippen molar-refractivity contribution >= 4 is 0 Å². The first kappa shape index (κ1) is 11.9. The summed E-state index contributed by atoms with van der Waals surface area (Å²) in [6.45, 7) is 2.18. The third kappa shape index (κ3) is 2.98. The van der Waals surface area contributed by atoms with Crippen LogP contribution < -0.4 is 5.32 Å². The second kappa shape index (κ2) is 5.69. The highest BCUT2D eigenvalue weighted by Crippen LogP contribution is 2.19. The Morgan fingerprint density at radius 3 is 2.41 bits per heavy atom. The smallest absolute Gasteiger partial charge is 0.0935 e. The van der Waals surface area contributed by atoms with Crippen LogP contribution in [0.1, 0.15) is 29.7 Å². The fraction of sp³-hybridized carbons (Fsp3) is 0.333. The molecule has 1 unspecified atom stereocenters. The van der Waals surface area contributed by atoms with Gasteiger partial charge in [-0.05, 0) is 42.6 Å². The molecule has 0 aliphatic carbocycles. The van der Waals surface area contributed by atoms with E-state index in [1.165, 1.54) is 16.7 Å². The number of hydrogen-bond donors (Lipinski definition) is 1. The Morgan fingerprint density at radius 2 is 1.88 bits per heavy atom. The minimum atomic E-state index is 0.346. The number of aryl methyl sites for hydroxylation is 1. The van der Waals surface area contributed by atoms with Gasteiger partial charge in [-0.15, -0.1) is 0 Å². The Hall–Kier alpha value is -1.54. The van der Waals surface area contributed by atoms with Crippen LogP contribution >= 0.6 is 0 Å². The maximum atomic E-state index is 5.10. The van der Waals surface area contributed by atoms with E-state index in [9.17, 15) is 0 Å². The molecule has 0 spiro atoms. The van der Waals surface area contributed by atoms with Gasteiger partial charge in [-0.3, -0.25) is 0 Å². The molecule has 1 N–H and O–H groups in total. The Balaban J connectivity index is 2.11. The van der Waals surface area contributed by atoms with Crippen LogP contribution in [0.5, 0.6) is 0 Å². The van der Waals surface area contributed by atoms with Crippen molar-refractivity contribution in [2.45, 2.75) is 25.8 Å². The number of furan rings is 1. The summed E-state index contributed by atoms with van der Waals surface area (Å²) < 4.78 is 5.10. The van der Waals surface area contributed by atoms with Gasteiger partial charge >= 0.3 is 0 Å². The summed E-state index contributed by atoms with van der Waals surface area (Å²) >= 11 is 0. The first-order valence-electron chi connectivity index (χ1n) is 6.10. The van der Waals surface area contributed by atoms with Crippen molar-refractivity contribution < 1.29 is 4.42 Å². The average molecular weight is 229 g/mol. The largest absolute Gasteiger partial charge is 0.472 e. The molecule has 0 saturated carbocycles. The van der Waals surface area contributed by atoms with Crippen molar-refractivity contribution in [3.05, 3.63) is 59.5 Å². The van der Waals surface area contributed by atoms with Gasteiger partial charge in [0.2, 0.25) is 0 Å². The van der Waals surface area contributed by atoms with Gasteiger partial charge < -0.3 is 9.73 Å². The lowest BCUT2D eigenvalue weighted by molar-refractivity contribution is 0.551. The SMILES string of the molecule is CCc1ccc(C(Cc2ccoc2)NC)cc1. The first-order valence-corrected chi connectivity index (χ1v) is 6.10. The molecule has 1 aromatic carbocycles. The maximum Gasteiger partial charge on any atom is 0.0935 e. The molecule has 0 aliphatic heterocycles. The summed E-state index contributed by atoms with van der Waals surface area (Å²) in [5, 5.41) is 3.35. The summed E-state index contributed by atoms with van der Waals surface area (Å²) in [4.78, 5) is 0. The highest BCUT2D eigenvalue weighted by atomic mass is 16.3. The van der Waals surface area contributed by atoms with Crippen LogP contribution in [-0.4, -0.2) is 7.05 Å². The fourth-order valence-corrected chi connectivity index (χ4v) is 2.02. The molecule has 1 heterocycles. The molecule has 2 heteroatoms. The third-order valence-corrected chi connectivity index (χ3v) is 3.16. The third-order valence-electron chi connectivity index (χ3n) is 3.16. The summed E-state index contributed by atoms with van der Waals surface area (Å²) in [6, 6.07) is 11.2. The molecule has 0 aliphatic rings. The van der Waals surface area contributed by atoms with E-state index in [1.807, 2.05) is 19.4 Å². The van der Waals surface area contributed by atoms with Gasteiger partial charge in [0.15, 0.2) is 0 Å². The zero-order valence-corrected chi connectivity index (χ0v) is 10.4. The van der Waals surface area contributed by atoms with E-state index in [1.54, 1.807) is 6.26 Å². The zero-order chi connectivity index (χ0) is 12.1. The number of benzene rings is 1. The molecule has 0 bridgehead atoms. The fourth-order valence-electron chi connectivity index (χ4n) is 2.02.